The number of fused-ring (bicyclic) bond motifs is 1. The van der Waals surface area contributed by atoms with Crippen molar-refractivity contribution in [2.75, 3.05) is 6.54 Å². The molecule has 2 unspecified atom stereocenters. The molecule has 4 nitrogen and oxygen atoms in total. The molecule has 1 heterocycles. The highest BCUT2D eigenvalue weighted by Crippen LogP contribution is 2.22. The van der Waals surface area contributed by atoms with Crippen LogP contribution in [-0.4, -0.2) is 11.5 Å². The summed E-state index contributed by atoms with van der Waals surface area (Å²) in [5.74, 6) is 0.431. The van der Waals surface area contributed by atoms with Crippen molar-refractivity contribution in [1.29, 1.82) is 0 Å². The predicted octanol–water partition coefficient (Wildman–Crippen LogP) is 1.81. The Balaban J connectivity index is 2.18. The Labute approximate surface area is 94.6 Å². The molecule has 16 heavy (non-hydrogen) atoms. The topological polar surface area (TPSA) is 78.1 Å². The fraction of sp³-hybridized carbons (Fsp3) is 0.417. The molecule has 2 aromatic rings. The Hall–Kier alpha value is -1.39. The fourth-order valence-electron chi connectivity index (χ4n) is 1.77. The van der Waals surface area contributed by atoms with Crippen molar-refractivity contribution in [2.45, 2.75) is 19.4 Å². The zero-order chi connectivity index (χ0) is 11.5. The molecule has 4 heteroatoms. The van der Waals surface area contributed by atoms with Gasteiger partial charge in [0, 0.05) is 6.04 Å². The number of nitrogens with two attached hydrogens (primary N) is 2. The van der Waals surface area contributed by atoms with Gasteiger partial charge in [0.1, 0.15) is 5.52 Å². The highest BCUT2D eigenvalue weighted by Gasteiger charge is 2.11. The van der Waals surface area contributed by atoms with Crippen LogP contribution in [0, 0.1) is 5.92 Å². The van der Waals surface area contributed by atoms with Crippen LogP contribution in [0.15, 0.2) is 29.0 Å². The first-order valence-corrected chi connectivity index (χ1v) is 5.49. The Kier molecular flexibility index (Phi) is 3.22. The van der Waals surface area contributed by atoms with E-state index in [0.29, 0.717) is 12.5 Å². The zero-order valence-corrected chi connectivity index (χ0v) is 9.39. The standard InChI is InChI=1S/C12H17N3O/c1-8(6-13)4-10(14)9-2-3-11-12(5-9)16-7-15-11/h2-3,5,7-8,10H,4,6,13-14H2,1H3. The van der Waals surface area contributed by atoms with Gasteiger partial charge in [-0.25, -0.2) is 4.98 Å². The van der Waals surface area contributed by atoms with Crippen LogP contribution in [0.1, 0.15) is 24.9 Å². The third-order valence-corrected chi connectivity index (χ3v) is 2.84. The molecule has 0 spiro atoms. The van der Waals surface area contributed by atoms with Crippen molar-refractivity contribution in [3.63, 3.8) is 0 Å². The van der Waals surface area contributed by atoms with Gasteiger partial charge in [0.05, 0.1) is 0 Å². The van der Waals surface area contributed by atoms with E-state index in [1.54, 1.807) is 0 Å². The molecule has 0 aliphatic heterocycles. The van der Waals surface area contributed by atoms with Crippen molar-refractivity contribution >= 4 is 11.1 Å². The average molecular weight is 219 g/mol. The van der Waals surface area contributed by atoms with E-state index >= 15 is 0 Å². The molecule has 0 aliphatic carbocycles. The summed E-state index contributed by atoms with van der Waals surface area (Å²) in [6, 6.07) is 5.89. The van der Waals surface area contributed by atoms with Crippen LogP contribution < -0.4 is 11.5 Å². The predicted molar refractivity (Wildman–Crippen MR) is 63.8 cm³/mol. The van der Waals surface area contributed by atoms with E-state index in [0.717, 1.165) is 23.1 Å². The Morgan fingerprint density at radius 2 is 2.25 bits per heavy atom. The van der Waals surface area contributed by atoms with Gasteiger partial charge in [-0.3, -0.25) is 0 Å². The molecular formula is C12H17N3O. The van der Waals surface area contributed by atoms with Gasteiger partial charge in [-0.05, 0) is 36.6 Å². The maximum Gasteiger partial charge on any atom is 0.181 e. The van der Waals surface area contributed by atoms with Crippen LogP contribution in [0.5, 0.6) is 0 Å². The van der Waals surface area contributed by atoms with Crippen LogP contribution in [0.2, 0.25) is 0 Å². The van der Waals surface area contributed by atoms with Crippen LogP contribution in [0.3, 0.4) is 0 Å². The van der Waals surface area contributed by atoms with E-state index in [9.17, 15) is 0 Å². The van der Waals surface area contributed by atoms with Gasteiger partial charge in [-0.2, -0.15) is 0 Å². The summed E-state index contributed by atoms with van der Waals surface area (Å²) in [6.45, 7) is 2.77. The summed E-state index contributed by atoms with van der Waals surface area (Å²) in [4.78, 5) is 4.07. The Morgan fingerprint density at radius 1 is 1.44 bits per heavy atom. The SMILES string of the molecule is CC(CN)CC(N)c1ccc2ncoc2c1. The minimum Gasteiger partial charge on any atom is -0.443 e. The Morgan fingerprint density at radius 3 is 3.00 bits per heavy atom. The van der Waals surface area contributed by atoms with Gasteiger partial charge >= 0.3 is 0 Å². The van der Waals surface area contributed by atoms with E-state index < -0.39 is 0 Å². The molecule has 0 aliphatic rings. The first-order chi connectivity index (χ1) is 7.70. The summed E-state index contributed by atoms with van der Waals surface area (Å²) < 4.78 is 5.25. The molecule has 4 N–H and O–H groups in total. The molecule has 0 saturated carbocycles. The van der Waals surface area contributed by atoms with E-state index in [1.807, 2.05) is 18.2 Å². The summed E-state index contributed by atoms with van der Waals surface area (Å²) in [5, 5.41) is 0. The monoisotopic (exact) mass is 219 g/mol. The van der Waals surface area contributed by atoms with Crippen molar-refractivity contribution in [3.05, 3.63) is 30.2 Å². The number of oxazole rings is 1. The second kappa shape index (κ2) is 4.63. The number of hydrogen-bond acceptors (Lipinski definition) is 4. The number of aromatic nitrogens is 1. The third kappa shape index (κ3) is 2.23. The van der Waals surface area contributed by atoms with Gasteiger partial charge in [-0.15, -0.1) is 0 Å². The maximum atomic E-state index is 6.11. The van der Waals surface area contributed by atoms with Gasteiger partial charge in [-0.1, -0.05) is 13.0 Å². The largest absolute Gasteiger partial charge is 0.443 e. The van der Waals surface area contributed by atoms with Crippen LogP contribution in [0.25, 0.3) is 11.1 Å². The number of nitrogens with zero attached hydrogens (tertiary/aromatic N) is 1. The van der Waals surface area contributed by atoms with Gasteiger partial charge in [0.15, 0.2) is 12.0 Å². The number of rotatable bonds is 4. The second-order valence-corrected chi connectivity index (χ2v) is 4.26. The smallest absolute Gasteiger partial charge is 0.181 e. The van der Waals surface area contributed by atoms with Crippen LogP contribution >= 0.6 is 0 Å². The van der Waals surface area contributed by atoms with Crippen molar-refractivity contribution in [2.24, 2.45) is 17.4 Å². The third-order valence-electron chi connectivity index (χ3n) is 2.84. The summed E-state index contributed by atoms with van der Waals surface area (Å²) in [7, 11) is 0. The highest BCUT2D eigenvalue weighted by molar-refractivity contribution is 5.72. The van der Waals surface area contributed by atoms with Crippen molar-refractivity contribution in [3.8, 4) is 0 Å². The van der Waals surface area contributed by atoms with Gasteiger partial charge in [0.25, 0.3) is 0 Å². The average Bonchev–Trinajstić information content (AvgIpc) is 2.75. The zero-order valence-electron chi connectivity index (χ0n) is 9.39. The molecule has 0 bridgehead atoms. The summed E-state index contributed by atoms with van der Waals surface area (Å²) in [6.07, 6.45) is 2.33. The molecule has 0 fully saturated rings. The van der Waals surface area contributed by atoms with Crippen molar-refractivity contribution < 1.29 is 4.42 Å². The lowest BCUT2D eigenvalue weighted by Crippen LogP contribution is -2.19. The molecule has 1 aromatic heterocycles. The summed E-state index contributed by atoms with van der Waals surface area (Å²) >= 11 is 0. The van der Waals surface area contributed by atoms with E-state index in [4.69, 9.17) is 15.9 Å². The van der Waals surface area contributed by atoms with Crippen LogP contribution in [0.4, 0.5) is 0 Å². The molecular weight excluding hydrogens is 202 g/mol. The Bertz CT molecular complexity index is 466. The van der Waals surface area contributed by atoms with E-state index in [-0.39, 0.29) is 6.04 Å². The summed E-state index contributed by atoms with van der Waals surface area (Å²) in [5.41, 5.74) is 14.4. The highest BCUT2D eigenvalue weighted by atomic mass is 16.3. The van der Waals surface area contributed by atoms with E-state index in [2.05, 4.69) is 11.9 Å². The lowest BCUT2D eigenvalue weighted by Gasteiger charge is -2.15. The van der Waals surface area contributed by atoms with Crippen LogP contribution in [-0.2, 0) is 0 Å². The molecule has 0 amide bonds. The quantitative estimate of drug-likeness (QED) is 0.822. The minimum atomic E-state index is 0.00745. The number of hydrogen-bond donors (Lipinski definition) is 2. The number of benzene rings is 1. The molecule has 0 saturated heterocycles. The van der Waals surface area contributed by atoms with E-state index in [1.165, 1.54) is 6.39 Å². The van der Waals surface area contributed by atoms with Gasteiger partial charge < -0.3 is 15.9 Å². The lowest BCUT2D eigenvalue weighted by molar-refractivity contribution is 0.482. The molecule has 2 rings (SSSR count). The second-order valence-electron chi connectivity index (χ2n) is 4.26. The normalized spacial score (nSPS) is 15.2. The molecule has 1 aromatic carbocycles. The first kappa shape index (κ1) is 11.1. The molecule has 0 radical (unpaired) electrons. The molecule has 86 valence electrons. The van der Waals surface area contributed by atoms with Crippen molar-refractivity contribution in [1.82, 2.24) is 4.98 Å². The lowest BCUT2D eigenvalue weighted by atomic mass is 9.96. The molecule has 2 atom stereocenters. The fourth-order valence-corrected chi connectivity index (χ4v) is 1.77. The first-order valence-electron chi connectivity index (χ1n) is 5.49. The maximum absolute atomic E-state index is 6.11. The minimum absolute atomic E-state index is 0.00745. The van der Waals surface area contributed by atoms with Gasteiger partial charge in [0.2, 0.25) is 0 Å².